The summed E-state index contributed by atoms with van der Waals surface area (Å²) in [6, 6.07) is 7.76. The summed E-state index contributed by atoms with van der Waals surface area (Å²) in [4.78, 5) is 10.8. The molecular weight excluding hydrogens is 192 g/mol. The number of hydrogen-bond acceptors (Lipinski definition) is 2. The molecule has 1 heterocycles. The Morgan fingerprint density at radius 3 is 2.73 bits per heavy atom. The Kier molecular flexibility index (Phi) is 2.76. The molecule has 4 nitrogen and oxygen atoms in total. The number of rotatable bonds is 2. The van der Waals surface area contributed by atoms with Crippen LogP contribution in [-0.2, 0) is 0 Å². The predicted molar refractivity (Wildman–Crippen MR) is 57.0 cm³/mol. The van der Waals surface area contributed by atoms with Gasteiger partial charge in [-0.3, -0.25) is 0 Å². The van der Waals surface area contributed by atoms with Crippen molar-refractivity contribution in [2.24, 2.45) is 0 Å². The van der Waals surface area contributed by atoms with E-state index in [4.69, 9.17) is 4.74 Å². The number of amides is 2. The van der Waals surface area contributed by atoms with E-state index in [1.165, 1.54) is 5.56 Å². The van der Waals surface area contributed by atoms with Crippen LogP contribution in [0.2, 0.25) is 0 Å². The van der Waals surface area contributed by atoms with E-state index < -0.39 is 0 Å². The van der Waals surface area contributed by atoms with Crippen LogP contribution >= 0.6 is 0 Å². The van der Waals surface area contributed by atoms with Crippen molar-refractivity contribution in [1.82, 2.24) is 10.6 Å². The third-order valence-electron chi connectivity index (χ3n) is 2.27. The van der Waals surface area contributed by atoms with Gasteiger partial charge >= 0.3 is 6.03 Å². The summed E-state index contributed by atoms with van der Waals surface area (Å²) >= 11 is 0. The van der Waals surface area contributed by atoms with Gasteiger partial charge in [0.1, 0.15) is 11.9 Å². The van der Waals surface area contributed by atoms with Crippen LogP contribution in [0.15, 0.2) is 24.3 Å². The molecule has 1 saturated heterocycles. The second-order valence-electron chi connectivity index (χ2n) is 3.65. The van der Waals surface area contributed by atoms with Crippen molar-refractivity contribution in [3.05, 3.63) is 29.8 Å². The van der Waals surface area contributed by atoms with E-state index in [1.807, 2.05) is 31.2 Å². The quantitative estimate of drug-likeness (QED) is 0.760. The van der Waals surface area contributed by atoms with Gasteiger partial charge in [0.15, 0.2) is 0 Å². The Morgan fingerprint density at radius 1 is 1.33 bits per heavy atom. The van der Waals surface area contributed by atoms with E-state index in [9.17, 15) is 4.79 Å². The molecule has 0 radical (unpaired) electrons. The molecule has 0 bridgehead atoms. The number of carbonyl (C=O) groups excluding carboxylic acids is 1. The summed E-state index contributed by atoms with van der Waals surface area (Å²) in [5.74, 6) is 0.845. The fraction of sp³-hybridized carbons (Fsp3) is 0.364. The van der Waals surface area contributed by atoms with Crippen molar-refractivity contribution in [2.45, 2.75) is 13.0 Å². The van der Waals surface area contributed by atoms with E-state index in [1.54, 1.807) is 0 Å². The lowest BCUT2D eigenvalue weighted by atomic mass is 10.2. The van der Waals surface area contributed by atoms with Gasteiger partial charge in [0.25, 0.3) is 0 Å². The highest BCUT2D eigenvalue weighted by atomic mass is 16.5. The van der Waals surface area contributed by atoms with Gasteiger partial charge in [-0.1, -0.05) is 12.1 Å². The summed E-state index contributed by atoms with van der Waals surface area (Å²) in [5.41, 5.74) is 1.17. The van der Waals surface area contributed by atoms with Crippen LogP contribution in [-0.4, -0.2) is 25.2 Å². The Morgan fingerprint density at radius 2 is 2.07 bits per heavy atom. The summed E-state index contributed by atoms with van der Waals surface area (Å²) < 4.78 is 5.71. The molecule has 80 valence electrons. The third kappa shape index (κ3) is 2.62. The fourth-order valence-electron chi connectivity index (χ4n) is 1.51. The standard InChI is InChI=1S/C11H14N2O2/c1-8-3-2-4-9(5-8)15-10-6-12-11(14)13-7-10/h2-5,10H,6-7H2,1H3,(H2,12,13,14). The summed E-state index contributed by atoms with van der Waals surface area (Å²) in [5, 5.41) is 5.38. The zero-order valence-electron chi connectivity index (χ0n) is 8.62. The third-order valence-corrected chi connectivity index (χ3v) is 2.27. The molecule has 0 aliphatic carbocycles. The minimum atomic E-state index is -0.126. The van der Waals surface area contributed by atoms with E-state index in [2.05, 4.69) is 10.6 Å². The summed E-state index contributed by atoms with van der Waals surface area (Å²) in [7, 11) is 0. The predicted octanol–water partition coefficient (Wildman–Crippen LogP) is 1.06. The maximum absolute atomic E-state index is 10.8. The van der Waals surface area contributed by atoms with Crippen LogP contribution in [0.4, 0.5) is 4.79 Å². The molecule has 1 aliphatic rings. The zero-order chi connectivity index (χ0) is 10.7. The summed E-state index contributed by atoms with van der Waals surface area (Å²) in [6.07, 6.45) is 0.00417. The largest absolute Gasteiger partial charge is 0.487 e. The molecule has 2 N–H and O–H groups in total. The molecule has 0 saturated carbocycles. The van der Waals surface area contributed by atoms with Gasteiger partial charge < -0.3 is 15.4 Å². The van der Waals surface area contributed by atoms with Crippen LogP contribution in [0.3, 0.4) is 0 Å². The molecule has 2 amide bonds. The Balaban J connectivity index is 1.94. The second-order valence-corrected chi connectivity index (χ2v) is 3.65. The smallest absolute Gasteiger partial charge is 0.315 e. The lowest BCUT2D eigenvalue weighted by Crippen LogP contribution is -2.52. The van der Waals surface area contributed by atoms with Crippen LogP contribution < -0.4 is 15.4 Å². The molecule has 0 unspecified atom stereocenters. The number of carbonyl (C=O) groups is 1. The number of aryl methyl sites for hydroxylation is 1. The van der Waals surface area contributed by atoms with Crippen molar-refractivity contribution in [3.63, 3.8) is 0 Å². The monoisotopic (exact) mass is 206 g/mol. The molecule has 1 aromatic carbocycles. The molecule has 0 spiro atoms. The molecule has 0 atom stereocenters. The number of nitrogens with one attached hydrogen (secondary N) is 2. The normalized spacial score (nSPS) is 16.7. The van der Waals surface area contributed by atoms with E-state index in [0.29, 0.717) is 13.1 Å². The van der Waals surface area contributed by atoms with Crippen molar-refractivity contribution in [3.8, 4) is 5.75 Å². The summed E-state index contributed by atoms with van der Waals surface area (Å²) in [6.45, 7) is 3.13. The van der Waals surface area contributed by atoms with Gasteiger partial charge in [-0.25, -0.2) is 4.79 Å². The van der Waals surface area contributed by atoms with E-state index >= 15 is 0 Å². The van der Waals surface area contributed by atoms with Crippen molar-refractivity contribution in [2.75, 3.05) is 13.1 Å². The van der Waals surface area contributed by atoms with Gasteiger partial charge in [-0.05, 0) is 24.6 Å². The van der Waals surface area contributed by atoms with E-state index in [-0.39, 0.29) is 12.1 Å². The first-order valence-electron chi connectivity index (χ1n) is 4.99. The lowest BCUT2D eigenvalue weighted by molar-refractivity contribution is 0.171. The van der Waals surface area contributed by atoms with Gasteiger partial charge in [-0.2, -0.15) is 0 Å². The molecule has 15 heavy (non-hydrogen) atoms. The van der Waals surface area contributed by atoms with Crippen molar-refractivity contribution in [1.29, 1.82) is 0 Å². The highest BCUT2D eigenvalue weighted by molar-refractivity contribution is 5.74. The molecule has 0 aromatic heterocycles. The van der Waals surface area contributed by atoms with Gasteiger partial charge in [0.05, 0.1) is 13.1 Å². The first-order chi connectivity index (χ1) is 7.24. The molecule has 2 rings (SSSR count). The van der Waals surface area contributed by atoms with E-state index in [0.717, 1.165) is 5.75 Å². The molecule has 4 heteroatoms. The lowest BCUT2D eigenvalue weighted by Gasteiger charge is -2.24. The molecular formula is C11H14N2O2. The average molecular weight is 206 g/mol. The van der Waals surface area contributed by atoms with Crippen molar-refractivity contribution < 1.29 is 9.53 Å². The first kappa shape index (κ1) is 9.83. The first-order valence-corrected chi connectivity index (χ1v) is 4.99. The van der Waals surface area contributed by atoms with Crippen LogP contribution in [0.1, 0.15) is 5.56 Å². The van der Waals surface area contributed by atoms with Gasteiger partial charge in [0, 0.05) is 0 Å². The van der Waals surface area contributed by atoms with Crippen LogP contribution in [0.5, 0.6) is 5.75 Å². The average Bonchev–Trinajstić information content (AvgIpc) is 2.22. The van der Waals surface area contributed by atoms with Gasteiger partial charge in [0.2, 0.25) is 0 Å². The molecule has 1 aromatic rings. The number of hydrogen-bond donors (Lipinski definition) is 2. The minimum absolute atomic E-state index is 0.00417. The maximum Gasteiger partial charge on any atom is 0.315 e. The highest BCUT2D eigenvalue weighted by Gasteiger charge is 2.18. The molecule has 1 fully saturated rings. The Labute approximate surface area is 88.6 Å². The minimum Gasteiger partial charge on any atom is -0.487 e. The molecule has 1 aliphatic heterocycles. The zero-order valence-corrected chi connectivity index (χ0v) is 8.62. The van der Waals surface area contributed by atoms with Crippen LogP contribution in [0, 0.1) is 6.92 Å². The van der Waals surface area contributed by atoms with Crippen molar-refractivity contribution >= 4 is 6.03 Å². The van der Waals surface area contributed by atoms with Crippen LogP contribution in [0.25, 0.3) is 0 Å². The fourth-order valence-corrected chi connectivity index (χ4v) is 1.51. The number of benzene rings is 1. The Bertz CT molecular complexity index is 355. The topological polar surface area (TPSA) is 50.4 Å². The number of urea groups is 1. The number of ether oxygens (including phenoxy) is 1. The second kappa shape index (κ2) is 4.21. The maximum atomic E-state index is 10.8. The Hall–Kier alpha value is -1.71. The highest BCUT2D eigenvalue weighted by Crippen LogP contribution is 2.14. The SMILES string of the molecule is Cc1cccc(OC2CNC(=O)NC2)c1. The van der Waals surface area contributed by atoms with Gasteiger partial charge in [-0.15, -0.1) is 0 Å².